The summed E-state index contributed by atoms with van der Waals surface area (Å²) in [7, 11) is 0. The average Bonchev–Trinajstić information content (AvgIpc) is 2.13. The van der Waals surface area contributed by atoms with E-state index in [1.54, 1.807) is 0 Å². The molecule has 12 heavy (non-hydrogen) atoms. The van der Waals surface area contributed by atoms with Gasteiger partial charge in [0.05, 0.1) is 5.56 Å². The molecule has 0 aliphatic carbocycles. The van der Waals surface area contributed by atoms with Crippen molar-refractivity contribution in [3.05, 3.63) is 19.5 Å². The van der Waals surface area contributed by atoms with Crippen molar-refractivity contribution >= 4 is 24.0 Å². The summed E-state index contributed by atoms with van der Waals surface area (Å²) >= 11 is 1.35. The molecule has 0 aliphatic rings. The summed E-state index contributed by atoms with van der Waals surface area (Å²) in [6.45, 7) is 5.56. The predicted molar refractivity (Wildman–Crippen MR) is 43.4 cm³/mol. The standard InChI is InChI=1S/C7H9NOS.W.Y/c1-3-4-6-7(9)8-5(2)10-6;;/h4H,2-3H2,1H3,(H,8,9);;/p-1/b6-4-;;. The summed E-state index contributed by atoms with van der Waals surface area (Å²) in [5, 5.41) is 0. The van der Waals surface area contributed by atoms with Crippen LogP contribution in [0, 0.1) is 0 Å². The summed E-state index contributed by atoms with van der Waals surface area (Å²) < 4.78 is 1.32. The second-order valence-electron chi connectivity index (χ2n) is 1.89. The molecule has 1 radical (unpaired) electrons. The second-order valence-corrected chi connectivity index (χ2v) is 3.00. The first-order valence-electron chi connectivity index (χ1n) is 3.07. The van der Waals surface area contributed by atoms with Crippen LogP contribution in [0.1, 0.15) is 13.3 Å². The fourth-order valence-electron chi connectivity index (χ4n) is 0.676. The van der Waals surface area contributed by atoms with Gasteiger partial charge in [-0.25, -0.2) is 0 Å². The van der Waals surface area contributed by atoms with Gasteiger partial charge in [0.15, 0.2) is 0 Å². The quantitative estimate of drug-likeness (QED) is 0.615. The number of aromatic nitrogens is 1. The normalized spacial score (nSPS) is 10.2. The molecule has 0 unspecified atom stereocenters. The molecule has 1 rings (SSSR count). The zero-order valence-electron chi connectivity index (χ0n) is 6.74. The smallest absolute Gasteiger partial charge is 0.0956 e. The van der Waals surface area contributed by atoms with E-state index in [4.69, 9.17) is 0 Å². The van der Waals surface area contributed by atoms with Crippen LogP contribution in [-0.2, 0) is 53.8 Å². The van der Waals surface area contributed by atoms with Crippen LogP contribution >= 0.6 is 11.3 Å². The van der Waals surface area contributed by atoms with E-state index in [1.165, 1.54) is 11.3 Å². The third-order valence-electron chi connectivity index (χ3n) is 1.05. The Balaban J connectivity index is 0. The Kier molecular flexibility index (Phi) is 9.48. The van der Waals surface area contributed by atoms with E-state index in [0.717, 1.165) is 6.42 Å². The molecule has 1 aromatic rings. The molecule has 1 aromatic heterocycles. The van der Waals surface area contributed by atoms with Crippen molar-refractivity contribution in [2.75, 3.05) is 0 Å². The van der Waals surface area contributed by atoms with Gasteiger partial charge >= 0.3 is 0 Å². The number of thiazole rings is 1. The number of rotatable bonds is 1. The van der Waals surface area contributed by atoms with E-state index in [2.05, 4.69) is 11.6 Å². The zero-order chi connectivity index (χ0) is 7.56. The van der Waals surface area contributed by atoms with Gasteiger partial charge in [-0.3, -0.25) is 0 Å². The van der Waals surface area contributed by atoms with Crippen molar-refractivity contribution in [2.24, 2.45) is 0 Å². The van der Waals surface area contributed by atoms with Crippen molar-refractivity contribution in [1.29, 1.82) is 0 Å². The molecule has 0 amide bonds. The van der Waals surface area contributed by atoms with Crippen molar-refractivity contribution in [3.8, 4) is 0 Å². The molecule has 0 spiro atoms. The van der Waals surface area contributed by atoms with E-state index in [-0.39, 0.29) is 59.3 Å². The fourth-order valence-corrected chi connectivity index (χ4v) is 1.44. The molecule has 0 saturated heterocycles. The maximum Gasteiger partial charge on any atom is 0.0956 e. The topological polar surface area (TPSA) is 31.2 Å². The Labute approximate surface area is 114 Å². The first-order valence-corrected chi connectivity index (χ1v) is 3.88. The van der Waals surface area contributed by atoms with Crippen LogP contribution in [0.25, 0.3) is 12.7 Å². The molecule has 0 atom stereocenters. The summed E-state index contributed by atoms with van der Waals surface area (Å²) in [5.74, 6) is 0. The van der Waals surface area contributed by atoms with Gasteiger partial charge in [-0.1, -0.05) is 17.7 Å². The van der Waals surface area contributed by atoms with Gasteiger partial charge in [-0.2, -0.15) is 11.3 Å². The van der Waals surface area contributed by atoms with Crippen LogP contribution in [0.5, 0.6) is 0 Å². The maximum absolute atomic E-state index is 10.9. The maximum atomic E-state index is 10.9. The third-order valence-corrected chi connectivity index (χ3v) is 1.94. The molecule has 0 aliphatic heterocycles. The zero-order valence-corrected chi connectivity index (χ0v) is 13.3. The van der Waals surface area contributed by atoms with Gasteiger partial charge in [0, 0.05) is 58.3 Å². The Bertz CT molecular complexity index is 369. The molecule has 0 fully saturated rings. The second kappa shape index (κ2) is 7.37. The van der Waals surface area contributed by atoms with E-state index < -0.39 is 0 Å². The molecule has 63 valence electrons. The fraction of sp³-hybridized carbons (Fsp3) is 0.286. The summed E-state index contributed by atoms with van der Waals surface area (Å²) in [4.78, 5) is 14.5. The van der Waals surface area contributed by atoms with E-state index >= 15 is 0 Å². The van der Waals surface area contributed by atoms with Crippen LogP contribution in [0.15, 0.2) is 4.79 Å². The van der Waals surface area contributed by atoms with Gasteiger partial charge < -0.3 is 9.78 Å². The summed E-state index contributed by atoms with van der Waals surface area (Å²) in [6.07, 6.45) is 2.74. The third kappa shape index (κ3) is 4.27. The molecule has 2 nitrogen and oxygen atoms in total. The minimum atomic E-state index is -0.142. The van der Waals surface area contributed by atoms with Gasteiger partial charge in [0.2, 0.25) is 0 Å². The molecule has 5 heteroatoms. The first kappa shape index (κ1) is 15.4. The average molecular weight is 427 g/mol. The van der Waals surface area contributed by atoms with Gasteiger partial charge in [-0.15, -0.1) is 6.58 Å². The van der Waals surface area contributed by atoms with Crippen LogP contribution in [-0.4, -0.2) is 0 Å². The van der Waals surface area contributed by atoms with Gasteiger partial charge in [0.1, 0.15) is 0 Å². The Morgan fingerprint density at radius 1 is 1.67 bits per heavy atom. The molecule has 0 N–H and O–H groups in total. The molecule has 0 bridgehead atoms. The summed E-state index contributed by atoms with van der Waals surface area (Å²) in [5.41, 5.74) is -0.142. The van der Waals surface area contributed by atoms with Crippen molar-refractivity contribution < 1.29 is 53.8 Å². The minimum absolute atomic E-state index is 0. The van der Waals surface area contributed by atoms with E-state index in [9.17, 15) is 4.79 Å². The Morgan fingerprint density at radius 3 is 2.58 bits per heavy atom. The number of hydrogen-bond donors (Lipinski definition) is 0. The molecular formula is C7H8NOSWY-. The first-order chi connectivity index (χ1) is 4.74. The van der Waals surface area contributed by atoms with Crippen molar-refractivity contribution in [2.45, 2.75) is 13.3 Å². The van der Waals surface area contributed by atoms with E-state index in [1.807, 2.05) is 13.0 Å². The molecular weight excluding hydrogens is 419 g/mol. The largest absolute Gasteiger partial charge is 0.614 e. The van der Waals surface area contributed by atoms with Crippen LogP contribution in [0.3, 0.4) is 0 Å². The summed E-state index contributed by atoms with van der Waals surface area (Å²) in [6, 6.07) is 0. The minimum Gasteiger partial charge on any atom is -0.614 e. The van der Waals surface area contributed by atoms with Crippen molar-refractivity contribution in [3.63, 3.8) is 0 Å². The Hall–Kier alpha value is 0.962. The van der Waals surface area contributed by atoms with Crippen LogP contribution in [0.4, 0.5) is 0 Å². The number of hydrogen-bond acceptors (Lipinski definition) is 2. The van der Waals surface area contributed by atoms with Crippen LogP contribution in [0.2, 0.25) is 0 Å². The van der Waals surface area contributed by atoms with Gasteiger partial charge in [0.25, 0.3) is 0 Å². The van der Waals surface area contributed by atoms with Crippen molar-refractivity contribution in [1.82, 2.24) is 4.98 Å². The van der Waals surface area contributed by atoms with Gasteiger partial charge in [-0.05, 0) is 6.42 Å². The number of nitrogens with zero attached hydrogens (tertiary/aromatic N) is 1. The molecule has 1 heterocycles. The van der Waals surface area contributed by atoms with E-state index in [0.29, 0.717) is 9.20 Å². The Morgan fingerprint density at radius 2 is 2.25 bits per heavy atom. The molecule has 0 aromatic carbocycles. The molecule has 0 saturated carbocycles. The predicted octanol–water partition coefficient (Wildman–Crippen LogP) is -0.339. The SMILES string of the molecule is C=c1[n-]c(=O)/c(=C/CC)s1.[W].[Y]. The van der Waals surface area contributed by atoms with Crippen LogP contribution < -0.4 is 19.7 Å². The monoisotopic (exact) mass is 427 g/mol.